The Morgan fingerprint density at radius 1 is 1.25 bits per heavy atom. The number of hydrogen-bond acceptors (Lipinski definition) is 3. The van der Waals surface area contributed by atoms with Crippen molar-refractivity contribution >= 4 is 5.91 Å². The maximum Gasteiger partial charge on any atom is 0.260 e. The van der Waals surface area contributed by atoms with E-state index in [1.165, 1.54) is 5.56 Å². The monoisotopic (exact) mass is 278 g/mol. The fraction of sp³-hybridized carbons (Fsp3) is 0.562. The van der Waals surface area contributed by atoms with Gasteiger partial charge in [0.2, 0.25) is 0 Å². The number of rotatable bonds is 7. The number of hydrogen-bond donors (Lipinski definition) is 2. The Labute approximate surface area is 121 Å². The summed E-state index contributed by atoms with van der Waals surface area (Å²) < 4.78 is 5.62. The van der Waals surface area contributed by atoms with Gasteiger partial charge in [-0.1, -0.05) is 19.1 Å². The molecule has 4 nitrogen and oxygen atoms in total. The van der Waals surface area contributed by atoms with Crippen molar-refractivity contribution in [1.29, 1.82) is 0 Å². The first kappa shape index (κ1) is 16.5. The highest BCUT2D eigenvalue weighted by atomic mass is 16.5. The highest BCUT2D eigenvalue weighted by Crippen LogP contribution is 2.15. The molecule has 0 aromatic heterocycles. The van der Waals surface area contributed by atoms with E-state index in [4.69, 9.17) is 10.5 Å². The molecule has 2 atom stereocenters. The van der Waals surface area contributed by atoms with Gasteiger partial charge in [-0.15, -0.1) is 0 Å². The molecular weight excluding hydrogens is 252 g/mol. The quantitative estimate of drug-likeness (QED) is 0.804. The summed E-state index contributed by atoms with van der Waals surface area (Å²) in [4.78, 5) is 11.8. The number of carbonyl (C=O) groups excluding carboxylic acids is 1. The molecule has 1 amide bonds. The zero-order chi connectivity index (χ0) is 15.1. The van der Waals surface area contributed by atoms with Crippen LogP contribution < -0.4 is 15.8 Å². The van der Waals surface area contributed by atoms with Crippen LogP contribution in [0.1, 0.15) is 39.7 Å². The highest BCUT2D eigenvalue weighted by molar-refractivity contribution is 5.80. The number of nitrogens with two attached hydrogens (primary N) is 1. The minimum Gasteiger partial charge on any atom is -0.481 e. The number of amides is 1. The molecule has 0 aliphatic heterocycles. The van der Waals surface area contributed by atoms with Crippen molar-refractivity contribution in [1.82, 2.24) is 5.32 Å². The lowest BCUT2D eigenvalue weighted by Crippen LogP contribution is -2.40. The van der Waals surface area contributed by atoms with Crippen molar-refractivity contribution in [2.24, 2.45) is 5.73 Å². The van der Waals surface area contributed by atoms with Crippen molar-refractivity contribution in [2.45, 2.75) is 58.7 Å². The summed E-state index contributed by atoms with van der Waals surface area (Å²) in [6, 6.07) is 8.08. The van der Waals surface area contributed by atoms with Gasteiger partial charge in [0.25, 0.3) is 5.91 Å². The van der Waals surface area contributed by atoms with E-state index in [0.29, 0.717) is 5.75 Å². The van der Waals surface area contributed by atoms with Crippen LogP contribution in [0.25, 0.3) is 0 Å². The van der Waals surface area contributed by atoms with E-state index in [1.54, 1.807) is 6.92 Å². The fourth-order valence-electron chi connectivity index (χ4n) is 1.81. The topological polar surface area (TPSA) is 64.3 Å². The van der Waals surface area contributed by atoms with Gasteiger partial charge >= 0.3 is 0 Å². The Hall–Kier alpha value is -1.55. The van der Waals surface area contributed by atoms with Crippen LogP contribution in [0.2, 0.25) is 0 Å². The molecule has 0 saturated carbocycles. The third kappa shape index (κ3) is 5.61. The third-order valence-corrected chi connectivity index (χ3v) is 3.06. The molecule has 1 aromatic carbocycles. The molecule has 0 heterocycles. The van der Waals surface area contributed by atoms with Gasteiger partial charge in [-0.05, 0) is 51.3 Å². The molecule has 0 bridgehead atoms. The van der Waals surface area contributed by atoms with E-state index in [0.717, 1.165) is 12.8 Å². The van der Waals surface area contributed by atoms with Crippen LogP contribution in [0.3, 0.4) is 0 Å². The Balaban J connectivity index is 2.54. The van der Waals surface area contributed by atoms with Crippen LogP contribution in [0, 0.1) is 0 Å². The predicted octanol–water partition coefficient (Wildman–Crippen LogP) is 2.26. The molecule has 0 saturated heterocycles. The first-order valence-corrected chi connectivity index (χ1v) is 7.24. The van der Waals surface area contributed by atoms with Gasteiger partial charge in [-0.25, -0.2) is 0 Å². The Bertz CT molecular complexity index is 415. The molecule has 0 spiro atoms. The van der Waals surface area contributed by atoms with Crippen LogP contribution in [0.4, 0.5) is 0 Å². The molecule has 0 aliphatic rings. The van der Waals surface area contributed by atoms with Crippen molar-refractivity contribution in [3.8, 4) is 5.75 Å². The van der Waals surface area contributed by atoms with E-state index < -0.39 is 6.10 Å². The highest BCUT2D eigenvalue weighted by Gasteiger charge is 2.15. The van der Waals surface area contributed by atoms with Gasteiger partial charge in [0.1, 0.15) is 5.75 Å². The summed E-state index contributed by atoms with van der Waals surface area (Å²) in [5.41, 5.74) is 7.11. The summed E-state index contributed by atoms with van der Waals surface area (Å²) in [6.07, 6.45) is 1.33. The summed E-state index contributed by atoms with van der Waals surface area (Å²) in [5.74, 6) is 0.599. The lowest BCUT2D eigenvalue weighted by Gasteiger charge is -2.17. The molecule has 0 aliphatic carbocycles. The van der Waals surface area contributed by atoms with Gasteiger partial charge in [-0.3, -0.25) is 4.79 Å². The number of ether oxygens (including phenoxy) is 1. The van der Waals surface area contributed by atoms with Crippen molar-refractivity contribution in [3.05, 3.63) is 29.8 Å². The minimum absolute atomic E-state index is 0.0999. The van der Waals surface area contributed by atoms with Gasteiger partial charge in [0.15, 0.2) is 6.10 Å². The largest absolute Gasteiger partial charge is 0.481 e. The Kier molecular flexibility index (Phi) is 6.52. The lowest BCUT2D eigenvalue weighted by molar-refractivity contribution is -0.127. The number of carbonyl (C=O) groups is 1. The fourth-order valence-corrected chi connectivity index (χ4v) is 1.81. The maximum absolute atomic E-state index is 11.8. The van der Waals surface area contributed by atoms with Crippen LogP contribution in [0.5, 0.6) is 5.75 Å². The molecule has 0 radical (unpaired) electrons. The molecule has 0 fully saturated rings. The van der Waals surface area contributed by atoms with Gasteiger partial charge in [-0.2, -0.15) is 0 Å². The van der Waals surface area contributed by atoms with Crippen LogP contribution in [-0.2, 0) is 11.2 Å². The second-order valence-electron chi connectivity index (χ2n) is 5.44. The summed E-state index contributed by atoms with van der Waals surface area (Å²) in [7, 11) is 0. The zero-order valence-electron chi connectivity index (χ0n) is 12.8. The van der Waals surface area contributed by atoms with Crippen LogP contribution in [0.15, 0.2) is 24.3 Å². The lowest BCUT2D eigenvalue weighted by atomic mass is 10.0. The predicted molar refractivity (Wildman–Crippen MR) is 81.8 cm³/mol. The summed E-state index contributed by atoms with van der Waals surface area (Å²) in [6.45, 7) is 7.68. The van der Waals surface area contributed by atoms with Crippen molar-refractivity contribution in [3.63, 3.8) is 0 Å². The van der Waals surface area contributed by atoms with Gasteiger partial charge in [0, 0.05) is 12.1 Å². The number of nitrogens with one attached hydrogen (secondary N) is 1. The standard InChI is InChI=1S/C16H26N2O2/c1-5-14(17)10-13-6-8-15(9-7-13)20-12(4)16(19)18-11(2)3/h6-9,11-12,14H,5,10,17H2,1-4H3,(H,18,19). The normalized spacial score (nSPS) is 13.9. The third-order valence-electron chi connectivity index (χ3n) is 3.06. The molecule has 1 rings (SSSR count). The smallest absolute Gasteiger partial charge is 0.260 e. The second kappa shape index (κ2) is 7.90. The summed E-state index contributed by atoms with van der Waals surface area (Å²) >= 11 is 0. The molecular formula is C16H26N2O2. The van der Waals surface area contributed by atoms with Crippen LogP contribution in [-0.4, -0.2) is 24.1 Å². The molecule has 20 heavy (non-hydrogen) atoms. The number of benzene rings is 1. The van der Waals surface area contributed by atoms with Gasteiger partial charge < -0.3 is 15.8 Å². The second-order valence-corrected chi connectivity index (χ2v) is 5.44. The molecule has 3 N–H and O–H groups in total. The van der Waals surface area contributed by atoms with E-state index in [-0.39, 0.29) is 18.0 Å². The maximum atomic E-state index is 11.8. The average Bonchev–Trinajstić information content (AvgIpc) is 2.40. The molecule has 2 unspecified atom stereocenters. The Morgan fingerprint density at radius 2 is 1.85 bits per heavy atom. The molecule has 4 heteroatoms. The first-order chi connectivity index (χ1) is 9.42. The van der Waals surface area contributed by atoms with Crippen molar-refractivity contribution in [2.75, 3.05) is 0 Å². The minimum atomic E-state index is -0.499. The average molecular weight is 278 g/mol. The SMILES string of the molecule is CCC(N)Cc1ccc(OC(C)C(=O)NC(C)C)cc1. The van der Waals surface area contributed by atoms with Gasteiger partial charge in [0.05, 0.1) is 0 Å². The molecule has 112 valence electrons. The van der Waals surface area contributed by atoms with E-state index in [2.05, 4.69) is 12.2 Å². The van der Waals surface area contributed by atoms with Crippen molar-refractivity contribution < 1.29 is 9.53 Å². The summed E-state index contributed by atoms with van der Waals surface area (Å²) in [5, 5.41) is 2.83. The van der Waals surface area contributed by atoms with E-state index in [9.17, 15) is 4.79 Å². The first-order valence-electron chi connectivity index (χ1n) is 7.24. The Morgan fingerprint density at radius 3 is 2.35 bits per heavy atom. The van der Waals surface area contributed by atoms with E-state index in [1.807, 2.05) is 38.1 Å². The van der Waals surface area contributed by atoms with E-state index >= 15 is 0 Å². The van der Waals surface area contributed by atoms with Crippen LogP contribution >= 0.6 is 0 Å². The zero-order valence-corrected chi connectivity index (χ0v) is 12.8. The molecule has 1 aromatic rings.